The summed E-state index contributed by atoms with van der Waals surface area (Å²) in [5, 5.41) is 14.7. The fourth-order valence-corrected chi connectivity index (χ4v) is 3.34. The summed E-state index contributed by atoms with van der Waals surface area (Å²) in [5.41, 5.74) is 3.88. The Kier molecular flexibility index (Phi) is 5.65. The predicted octanol–water partition coefficient (Wildman–Crippen LogP) is 5.12. The highest BCUT2D eigenvalue weighted by molar-refractivity contribution is 5.72. The van der Waals surface area contributed by atoms with Crippen molar-refractivity contribution in [3.63, 3.8) is 0 Å². The molecule has 160 valence electrons. The SMILES string of the molecule is C1=CCCC(C2=COC=C(Nc3nnc(-c4ccccc4NCc4ccncc4)o3)O2)=C1. The summed E-state index contributed by atoms with van der Waals surface area (Å²) in [6.07, 6.45) is 14.6. The van der Waals surface area contributed by atoms with Gasteiger partial charge in [-0.15, -0.1) is 5.10 Å². The first-order valence-electron chi connectivity index (χ1n) is 10.3. The van der Waals surface area contributed by atoms with E-state index in [0.717, 1.165) is 35.2 Å². The molecule has 1 aromatic carbocycles. The van der Waals surface area contributed by atoms with Gasteiger partial charge < -0.3 is 19.2 Å². The maximum absolute atomic E-state index is 5.89. The van der Waals surface area contributed by atoms with Crippen LogP contribution in [0.2, 0.25) is 0 Å². The van der Waals surface area contributed by atoms with E-state index >= 15 is 0 Å². The molecule has 1 aliphatic carbocycles. The van der Waals surface area contributed by atoms with E-state index in [1.54, 1.807) is 18.7 Å². The van der Waals surface area contributed by atoms with E-state index < -0.39 is 0 Å². The Bertz CT molecular complexity index is 1210. The van der Waals surface area contributed by atoms with E-state index in [1.165, 1.54) is 6.26 Å². The van der Waals surface area contributed by atoms with Crippen molar-refractivity contribution in [2.45, 2.75) is 19.4 Å². The van der Waals surface area contributed by atoms with Crippen molar-refractivity contribution in [2.75, 3.05) is 10.6 Å². The van der Waals surface area contributed by atoms with Crippen molar-refractivity contribution >= 4 is 11.7 Å². The van der Waals surface area contributed by atoms with Crippen LogP contribution in [0.15, 0.2) is 101 Å². The zero-order chi connectivity index (χ0) is 21.6. The third-order valence-electron chi connectivity index (χ3n) is 4.95. The first-order valence-corrected chi connectivity index (χ1v) is 10.3. The van der Waals surface area contributed by atoms with Crippen LogP contribution < -0.4 is 10.6 Å². The quantitative estimate of drug-likeness (QED) is 0.537. The van der Waals surface area contributed by atoms with E-state index in [1.807, 2.05) is 48.6 Å². The number of nitrogens with one attached hydrogen (secondary N) is 2. The lowest BCUT2D eigenvalue weighted by molar-refractivity contribution is 0.232. The van der Waals surface area contributed by atoms with Gasteiger partial charge in [-0.3, -0.25) is 10.3 Å². The first kappa shape index (κ1) is 19.6. The van der Waals surface area contributed by atoms with Gasteiger partial charge in [-0.2, -0.15) is 0 Å². The topological polar surface area (TPSA) is 94.3 Å². The molecule has 3 heterocycles. The molecule has 0 spiro atoms. The number of hydrogen-bond donors (Lipinski definition) is 2. The molecule has 0 fully saturated rings. The first-order chi connectivity index (χ1) is 15.8. The molecule has 8 heteroatoms. The number of pyridine rings is 1. The molecule has 0 saturated carbocycles. The normalized spacial score (nSPS) is 15.1. The van der Waals surface area contributed by atoms with Gasteiger partial charge in [-0.1, -0.05) is 35.5 Å². The minimum atomic E-state index is 0.206. The van der Waals surface area contributed by atoms with Crippen LogP contribution in [0.4, 0.5) is 11.7 Å². The van der Waals surface area contributed by atoms with E-state index in [2.05, 4.69) is 31.9 Å². The van der Waals surface area contributed by atoms with Crippen LogP contribution in [0, 0.1) is 0 Å². The Labute approximate surface area is 185 Å². The molecule has 0 amide bonds. The van der Waals surface area contributed by atoms with Crippen molar-refractivity contribution in [3.8, 4) is 11.5 Å². The second kappa shape index (κ2) is 9.22. The third-order valence-corrected chi connectivity index (χ3v) is 4.95. The summed E-state index contributed by atoms with van der Waals surface area (Å²) in [6.45, 7) is 0.650. The summed E-state index contributed by atoms with van der Waals surface area (Å²) in [6, 6.07) is 11.9. The van der Waals surface area contributed by atoms with Crippen LogP contribution in [0.25, 0.3) is 11.5 Å². The monoisotopic (exact) mass is 427 g/mol. The van der Waals surface area contributed by atoms with E-state index in [0.29, 0.717) is 24.1 Å². The maximum Gasteiger partial charge on any atom is 0.322 e. The fraction of sp³-hybridized carbons (Fsp3) is 0.125. The summed E-state index contributed by atoms with van der Waals surface area (Å²) in [7, 11) is 0. The summed E-state index contributed by atoms with van der Waals surface area (Å²) >= 11 is 0. The molecule has 5 rings (SSSR count). The molecule has 0 unspecified atom stereocenters. The van der Waals surface area contributed by atoms with Crippen LogP contribution in [0.3, 0.4) is 0 Å². The zero-order valence-electron chi connectivity index (χ0n) is 17.2. The van der Waals surface area contributed by atoms with Gasteiger partial charge in [0, 0.05) is 24.6 Å². The van der Waals surface area contributed by atoms with Crippen LogP contribution in [0.5, 0.6) is 0 Å². The second-order valence-corrected chi connectivity index (χ2v) is 7.15. The number of nitrogens with zero attached hydrogens (tertiary/aromatic N) is 3. The molecule has 0 bridgehead atoms. The highest BCUT2D eigenvalue weighted by Gasteiger charge is 2.18. The van der Waals surface area contributed by atoms with Gasteiger partial charge in [0.1, 0.15) is 6.26 Å². The Morgan fingerprint density at radius 1 is 1.00 bits per heavy atom. The highest BCUT2D eigenvalue weighted by atomic mass is 16.6. The fourth-order valence-electron chi connectivity index (χ4n) is 3.34. The van der Waals surface area contributed by atoms with Crippen molar-refractivity contribution < 1.29 is 13.9 Å². The van der Waals surface area contributed by atoms with Crippen molar-refractivity contribution in [1.29, 1.82) is 0 Å². The van der Waals surface area contributed by atoms with Crippen LogP contribution in [-0.2, 0) is 16.0 Å². The van der Waals surface area contributed by atoms with Crippen LogP contribution in [0.1, 0.15) is 18.4 Å². The smallest absolute Gasteiger partial charge is 0.322 e. The molecule has 3 aromatic rings. The number of anilines is 2. The predicted molar refractivity (Wildman–Crippen MR) is 120 cm³/mol. The van der Waals surface area contributed by atoms with Crippen molar-refractivity contribution in [3.05, 3.63) is 102 Å². The molecule has 8 nitrogen and oxygen atoms in total. The molecule has 0 atom stereocenters. The summed E-state index contributed by atoms with van der Waals surface area (Å²) in [4.78, 5) is 4.05. The lowest BCUT2D eigenvalue weighted by atomic mass is 10.0. The van der Waals surface area contributed by atoms with E-state index in [-0.39, 0.29) is 6.01 Å². The zero-order valence-corrected chi connectivity index (χ0v) is 17.2. The maximum atomic E-state index is 5.89. The van der Waals surface area contributed by atoms with E-state index in [9.17, 15) is 0 Å². The van der Waals surface area contributed by atoms with Gasteiger partial charge in [0.05, 0.1) is 5.56 Å². The van der Waals surface area contributed by atoms with Gasteiger partial charge >= 0.3 is 6.01 Å². The second-order valence-electron chi connectivity index (χ2n) is 7.15. The molecule has 0 saturated heterocycles. The standard InChI is InChI=1S/C24H21N5O3/c1-2-6-18(7-3-1)21-15-30-16-22(31-21)27-24-29-28-23(32-24)19-8-4-5-9-20(19)26-14-17-10-12-25-13-11-17/h1-2,4-6,8-13,15-16,26H,3,7,14H2,(H,27,29). The molecular weight excluding hydrogens is 406 g/mol. The number of aromatic nitrogens is 3. The number of hydrogen-bond acceptors (Lipinski definition) is 8. The number of benzene rings is 1. The average Bonchev–Trinajstić information content (AvgIpc) is 3.32. The molecular formula is C24H21N5O3. The number of para-hydroxylation sites is 1. The Morgan fingerprint density at radius 3 is 2.78 bits per heavy atom. The van der Waals surface area contributed by atoms with Gasteiger partial charge in [0.25, 0.3) is 5.89 Å². The van der Waals surface area contributed by atoms with E-state index in [4.69, 9.17) is 13.9 Å². The Morgan fingerprint density at radius 2 is 1.91 bits per heavy atom. The lowest BCUT2D eigenvalue weighted by Crippen LogP contribution is -2.10. The molecule has 2 N–H and O–H groups in total. The average molecular weight is 427 g/mol. The molecule has 2 aromatic heterocycles. The molecule has 0 radical (unpaired) electrons. The third kappa shape index (κ3) is 4.54. The van der Waals surface area contributed by atoms with Gasteiger partial charge in [-0.25, -0.2) is 0 Å². The molecule has 1 aliphatic heterocycles. The van der Waals surface area contributed by atoms with Gasteiger partial charge in [0.2, 0.25) is 5.88 Å². The summed E-state index contributed by atoms with van der Waals surface area (Å²) < 4.78 is 17.2. The van der Waals surface area contributed by atoms with Crippen LogP contribution in [-0.4, -0.2) is 15.2 Å². The lowest BCUT2D eigenvalue weighted by Gasteiger charge is -2.18. The van der Waals surface area contributed by atoms with Gasteiger partial charge in [-0.05, 0) is 48.2 Å². The van der Waals surface area contributed by atoms with Crippen molar-refractivity contribution in [1.82, 2.24) is 15.2 Å². The Balaban J connectivity index is 1.27. The van der Waals surface area contributed by atoms with Crippen LogP contribution >= 0.6 is 0 Å². The highest BCUT2D eigenvalue weighted by Crippen LogP contribution is 2.30. The van der Waals surface area contributed by atoms with Gasteiger partial charge in [0.15, 0.2) is 12.0 Å². The molecule has 32 heavy (non-hydrogen) atoms. The minimum Gasteiger partial charge on any atom is -0.463 e. The Hall–Kier alpha value is -4.33. The summed E-state index contributed by atoms with van der Waals surface area (Å²) in [5.74, 6) is 1.42. The number of rotatable bonds is 7. The largest absolute Gasteiger partial charge is 0.463 e. The molecule has 2 aliphatic rings. The number of ether oxygens (including phenoxy) is 2. The number of allylic oxidation sites excluding steroid dienone is 4. The minimum absolute atomic E-state index is 0.206. The van der Waals surface area contributed by atoms with Crippen molar-refractivity contribution in [2.24, 2.45) is 0 Å².